The van der Waals surface area contributed by atoms with E-state index < -0.39 is 23.5 Å². The second-order valence-electron chi connectivity index (χ2n) is 8.35. The predicted molar refractivity (Wildman–Crippen MR) is 126 cm³/mol. The van der Waals surface area contributed by atoms with Gasteiger partial charge in [0.2, 0.25) is 0 Å². The molecule has 1 fully saturated rings. The van der Waals surface area contributed by atoms with Crippen LogP contribution in [0.3, 0.4) is 0 Å². The van der Waals surface area contributed by atoms with Crippen molar-refractivity contribution in [3.8, 4) is 0 Å². The van der Waals surface area contributed by atoms with Crippen molar-refractivity contribution in [2.75, 3.05) is 19.7 Å². The van der Waals surface area contributed by atoms with E-state index in [1.54, 1.807) is 6.92 Å². The number of rotatable bonds is 7. The van der Waals surface area contributed by atoms with Crippen LogP contribution in [0.2, 0.25) is 0 Å². The van der Waals surface area contributed by atoms with E-state index in [1.165, 1.54) is 17.0 Å². The number of esters is 1. The molecule has 1 aliphatic heterocycles. The van der Waals surface area contributed by atoms with Gasteiger partial charge < -0.3 is 9.64 Å². The van der Waals surface area contributed by atoms with Gasteiger partial charge in [0.25, 0.3) is 5.91 Å². The Kier molecular flexibility index (Phi) is 8.30. The van der Waals surface area contributed by atoms with Crippen LogP contribution < -0.4 is 0 Å². The molecule has 1 atom stereocenters. The Bertz CT molecular complexity index is 1050. The summed E-state index contributed by atoms with van der Waals surface area (Å²) in [6, 6.07) is 10.5. The second kappa shape index (κ2) is 11.0. The van der Waals surface area contributed by atoms with Crippen LogP contribution >= 0.6 is 11.8 Å². The van der Waals surface area contributed by atoms with Crippen LogP contribution in [0.25, 0.3) is 5.57 Å². The van der Waals surface area contributed by atoms with Gasteiger partial charge in [0.15, 0.2) is 11.6 Å². The number of halogens is 2. The number of ether oxygens (including phenoxy) is 1. The van der Waals surface area contributed by atoms with E-state index in [0.29, 0.717) is 19.4 Å². The lowest BCUT2D eigenvalue weighted by Gasteiger charge is -2.32. The maximum atomic E-state index is 15.0. The average Bonchev–Trinajstić information content (AvgIpc) is 2.81. The van der Waals surface area contributed by atoms with Gasteiger partial charge in [-0.2, -0.15) is 0 Å². The van der Waals surface area contributed by atoms with Gasteiger partial charge in [-0.25, -0.2) is 8.78 Å². The molecule has 3 rings (SSSR count). The fourth-order valence-corrected chi connectivity index (χ4v) is 5.05. The molecule has 2 aromatic rings. The highest BCUT2D eigenvalue weighted by Gasteiger charge is 2.31. The molecule has 0 bridgehead atoms. The first-order valence-corrected chi connectivity index (χ1v) is 12.0. The van der Waals surface area contributed by atoms with Crippen LogP contribution in [-0.2, 0) is 14.3 Å². The van der Waals surface area contributed by atoms with Crippen LogP contribution in [0, 0.1) is 17.6 Å². The third-order valence-corrected chi connectivity index (χ3v) is 6.85. The Morgan fingerprint density at radius 2 is 1.88 bits per heavy atom. The number of nitrogens with zero attached hydrogens (tertiary/aromatic N) is 1. The van der Waals surface area contributed by atoms with Crippen molar-refractivity contribution in [2.45, 2.75) is 49.3 Å². The summed E-state index contributed by atoms with van der Waals surface area (Å²) in [5.74, 6) is -3.14. The van der Waals surface area contributed by atoms with Gasteiger partial charge >= 0.3 is 5.97 Å². The maximum Gasteiger partial charge on any atom is 0.310 e. The molecule has 0 aromatic heterocycles. The lowest BCUT2D eigenvalue weighted by molar-refractivity contribution is -0.150. The number of benzene rings is 2. The van der Waals surface area contributed by atoms with Crippen molar-refractivity contribution in [3.63, 3.8) is 0 Å². The minimum absolute atomic E-state index is 0.130. The first-order chi connectivity index (χ1) is 15.7. The molecule has 0 N–H and O–H groups in total. The Labute approximate surface area is 198 Å². The molecular weight excluding hydrogens is 444 g/mol. The molecule has 176 valence electrons. The van der Waals surface area contributed by atoms with Gasteiger partial charge in [-0.05, 0) is 49.4 Å². The Morgan fingerprint density at radius 1 is 1.15 bits per heavy atom. The molecular formula is C26H29F2NO3S. The molecule has 1 heterocycles. The van der Waals surface area contributed by atoms with Crippen LogP contribution in [0.5, 0.6) is 0 Å². The number of carbonyl (C=O) groups is 2. The van der Waals surface area contributed by atoms with Gasteiger partial charge in [-0.3, -0.25) is 9.59 Å². The molecule has 1 unspecified atom stereocenters. The topological polar surface area (TPSA) is 46.6 Å². The van der Waals surface area contributed by atoms with Crippen molar-refractivity contribution >= 4 is 29.2 Å². The van der Waals surface area contributed by atoms with Crippen molar-refractivity contribution in [3.05, 3.63) is 65.7 Å². The molecule has 1 saturated heterocycles. The summed E-state index contributed by atoms with van der Waals surface area (Å²) in [5.41, 5.74) is 0.750. The third kappa shape index (κ3) is 5.64. The molecule has 0 aliphatic carbocycles. The predicted octanol–water partition coefficient (Wildman–Crippen LogP) is 6.05. The van der Waals surface area contributed by atoms with Crippen molar-refractivity contribution in [1.82, 2.24) is 4.90 Å². The summed E-state index contributed by atoms with van der Waals surface area (Å²) in [5, 5.41) is 0. The van der Waals surface area contributed by atoms with Crippen molar-refractivity contribution < 1.29 is 23.1 Å². The van der Waals surface area contributed by atoms with Gasteiger partial charge in [-0.15, -0.1) is 0 Å². The lowest BCUT2D eigenvalue weighted by atomic mass is 9.96. The highest BCUT2D eigenvalue weighted by atomic mass is 32.2. The molecule has 33 heavy (non-hydrogen) atoms. The Hall–Kier alpha value is -2.67. The zero-order valence-electron chi connectivity index (χ0n) is 19.2. The summed E-state index contributed by atoms with van der Waals surface area (Å²) < 4.78 is 35.1. The monoisotopic (exact) mass is 473 g/mol. The van der Waals surface area contributed by atoms with Gasteiger partial charge in [-0.1, -0.05) is 50.4 Å². The van der Waals surface area contributed by atoms with Crippen LogP contribution in [0.4, 0.5) is 8.78 Å². The maximum absolute atomic E-state index is 15.0. The molecule has 0 saturated carbocycles. The molecule has 2 aromatic carbocycles. The minimum atomic E-state index is -1.10. The first kappa shape index (κ1) is 25.0. The molecule has 1 aliphatic rings. The van der Waals surface area contributed by atoms with Gasteiger partial charge in [0.05, 0.1) is 17.4 Å². The van der Waals surface area contributed by atoms with Crippen LogP contribution in [0.15, 0.2) is 52.8 Å². The normalized spacial score (nSPS) is 16.1. The number of hydrogen-bond donors (Lipinski definition) is 0. The molecule has 0 spiro atoms. The average molecular weight is 474 g/mol. The fourth-order valence-electron chi connectivity index (χ4n) is 3.93. The molecule has 0 radical (unpaired) electrons. The Balaban J connectivity index is 1.79. The standard InChI is InChI=1S/C26H29F2NO3S/c1-5-32-26(31)18-9-8-14-29(15-18)25(30)17(4)20-12-13-22(24(28)23(20)27)33-21-11-7-6-10-19(21)16(2)3/h6-7,10-13,16,18H,4-5,8-9,14-15H2,1-3H3. The van der Waals surface area contributed by atoms with E-state index in [2.05, 4.69) is 6.58 Å². The van der Waals surface area contributed by atoms with Crippen LogP contribution in [-0.4, -0.2) is 36.5 Å². The van der Waals surface area contributed by atoms with Gasteiger partial charge in [0, 0.05) is 29.1 Å². The summed E-state index contributed by atoms with van der Waals surface area (Å²) in [6.07, 6.45) is 1.26. The highest BCUT2D eigenvalue weighted by molar-refractivity contribution is 7.99. The van der Waals surface area contributed by atoms with Crippen LogP contribution in [0.1, 0.15) is 50.7 Å². The largest absolute Gasteiger partial charge is 0.466 e. The third-order valence-electron chi connectivity index (χ3n) is 5.72. The minimum Gasteiger partial charge on any atom is -0.466 e. The number of likely N-dealkylation sites (tertiary alicyclic amines) is 1. The number of carbonyl (C=O) groups excluding carboxylic acids is 2. The van der Waals surface area contributed by atoms with E-state index in [9.17, 15) is 14.0 Å². The number of piperidine rings is 1. The summed E-state index contributed by atoms with van der Waals surface area (Å²) in [4.78, 5) is 27.5. The second-order valence-corrected chi connectivity index (χ2v) is 9.44. The fraction of sp³-hybridized carbons (Fsp3) is 0.385. The Morgan fingerprint density at radius 3 is 2.58 bits per heavy atom. The summed E-state index contributed by atoms with van der Waals surface area (Å²) in [7, 11) is 0. The molecule has 4 nitrogen and oxygen atoms in total. The van der Waals surface area contributed by atoms with E-state index in [1.807, 2.05) is 38.1 Å². The van der Waals surface area contributed by atoms with Crippen molar-refractivity contribution in [1.29, 1.82) is 0 Å². The van der Waals surface area contributed by atoms with E-state index in [-0.39, 0.29) is 41.1 Å². The SMILES string of the molecule is C=C(C(=O)N1CCCC(C(=O)OCC)C1)c1ccc(Sc2ccccc2C(C)C)c(F)c1F. The lowest BCUT2D eigenvalue weighted by Crippen LogP contribution is -2.43. The van der Waals surface area contributed by atoms with Gasteiger partial charge in [0.1, 0.15) is 0 Å². The summed E-state index contributed by atoms with van der Waals surface area (Å²) in [6.45, 7) is 10.4. The first-order valence-electron chi connectivity index (χ1n) is 11.1. The quantitative estimate of drug-likeness (QED) is 0.363. The summed E-state index contributed by atoms with van der Waals surface area (Å²) >= 11 is 1.16. The smallest absolute Gasteiger partial charge is 0.310 e. The zero-order valence-corrected chi connectivity index (χ0v) is 20.0. The molecule has 1 amide bonds. The van der Waals surface area contributed by atoms with E-state index in [4.69, 9.17) is 4.74 Å². The number of hydrogen-bond acceptors (Lipinski definition) is 4. The number of amides is 1. The molecule has 7 heteroatoms. The van der Waals surface area contributed by atoms with E-state index in [0.717, 1.165) is 22.2 Å². The van der Waals surface area contributed by atoms with E-state index >= 15 is 4.39 Å². The highest BCUT2D eigenvalue weighted by Crippen LogP contribution is 2.37. The van der Waals surface area contributed by atoms with Crippen molar-refractivity contribution in [2.24, 2.45) is 5.92 Å². The zero-order chi connectivity index (χ0) is 24.1.